The Hall–Kier alpha value is -1.53. The van der Waals surface area contributed by atoms with Crippen molar-refractivity contribution in [1.82, 2.24) is 19.7 Å². The SMILES string of the molecule is CC(C)N(C(=O)[C@H](C)Sc1nnc(-c2ccc(Cl)cc2)n1C)C(C)C. The van der Waals surface area contributed by atoms with E-state index in [1.165, 1.54) is 11.8 Å². The molecule has 5 nitrogen and oxygen atoms in total. The highest BCUT2D eigenvalue weighted by molar-refractivity contribution is 8.00. The third kappa shape index (κ3) is 4.55. The van der Waals surface area contributed by atoms with E-state index in [9.17, 15) is 4.79 Å². The molecule has 0 N–H and O–H groups in total. The molecular formula is C18H25ClN4OS. The number of aromatic nitrogens is 3. The number of hydrogen-bond acceptors (Lipinski definition) is 4. The van der Waals surface area contributed by atoms with E-state index in [0.717, 1.165) is 16.5 Å². The number of thioether (sulfide) groups is 1. The van der Waals surface area contributed by atoms with Crippen LogP contribution in [0.1, 0.15) is 34.6 Å². The molecule has 0 radical (unpaired) electrons. The Morgan fingerprint density at radius 1 is 1.08 bits per heavy atom. The van der Waals surface area contributed by atoms with E-state index in [2.05, 4.69) is 10.2 Å². The van der Waals surface area contributed by atoms with Gasteiger partial charge in [0.1, 0.15) is 0 Å². The van der Waals surface area contributed by atoms with Crippen molar-refractivity contribution in [1.29, 1.82) is 0 Å². The Labute approximate surface area is 158 Å². The molecule has 1 heterocycles. The average Bonchev–Trinajstić information content (AvgIpc) is 2.88. The lowest BCUT2D eigenvalue weighted by Crippen LogP contribution is -2.45. The smallest absolute Gasteiger partial charge is 0.236 e. The van der Waals surface area contributed by atoms with Crippen molar-refractivity contribution in [3.63, 3.8) is 0 Å². The fourth-order valence-corrected chi connectivity index (χ4v) is 3.79. The van der Waals surface area contributed by atoms with Crippen LogP contribution in [0, 0.1) is 0 Å². The molecule has 2 aromatic rings. The predicted molar refractivity (Wildman–Crippen MR) is 104 cm³/mol. The first kappa shape index (κ1) is 19.8. The van der Waals surface area contributed by atoms with E-state index >= 15 is 0 Å². The summed E-state index contributed by atoms with van der Waals surface area (Å²) in [6, 6.07) is 7.81. The van der Waals surface area contributed by atoms with Crippen molar-refractivity contribution >= 4 is 29.3 Å². The fourth-order valence-electron chi connectivity index (χ4n) is 2.79. The maximum absolute atomic E-state index is 12.8. The Morgan fingerprint density at radius 2 is 1.64 bits per heavy atom. The van der Waals surface area contributed by atoms with Crippen LogP contribution in [0.15, 0.2) is 29.4 Å². The quantitative estimate of drug-likeness (QED) is 0.702. The van der Waals surface area contributed by atoms with Gasteiger partial charge >= 0.3 is 0 Å². The van der Waals surface area contributed by atoms with Gasteiger partial charge in [0, 0.05) is 29.7 Å². The topological polar surface area (TPSA) is 51.0 Å². The molecule has 0 aliphatic heterocycles. The van der Waals surface area contributed by atoms with Crippen molar-refractivity contribution in [2.75, 3.05) is 0 Å². The van der Waals surface area contributed by atoms with E-state index in [4.69, 9.17) is 11.6 Å². The van der Waals surface area contributed by atoms with E-state index in [0.29, 0.717) is 5.02 Å². The first-order valence-electron chi connectivity index (χ1n) is 8.36. The van der Waals surface area contributed by atoms with Crippen LogP contribution in [-0.2, 0) is 11.8 Å². The number of amides is 1. The van der Waals surface area contributed by atoms with Gasteiger partial charge in [-0.3, -0.25) is 4.79 Å². The number of carbonyl (C=O) groups is 1. The van der Waals surface area contributed by atoms with Crippen molar-refractivity contribution in [2.45, 2.75) is 57.1 Å². The molecule has 2 rings (SSSR count). The van der Waals surface area contributed by atoms with Gasteiger partial charge < -0.3 is 9.47 Å². The molecule has 136 valence electrons. The Kier molecular flexibility index (Phi) is 6.52. The maximum atomic E-state index is 12.8. The van der Waals surface area contributed by atoms with Gasteiger partial charge in [0.25, 0.3) is 0 Å². The number of nitrogens with zero attached hydrogens (tertiary/aromatic N) is 4. The summed E-state index contributed by atoms with van der Waals surface area (Å²) in [5, 5.41) is 9.70. The van der Waals surface area contributed by atoms with Crippen LogP contribution in [-0.4, -0.2) is 42.9 Å². The van der Waals surface area contributed by atoms with Crippen molar-refractivity contribution in [3.8, 4) is 11.4 Å². The second-order valence-corrected chi connectivity index (χ2v) is 8.31. The molecule has 25 heavy (non-hydrogen) atoms. The monoisotopic (exact) mass is 380 g/mol. The molecule has 1 atom stereocenters. The maximum Gasteiger partial charge on any atom is 0.236 e. The normalized spacial score (nSPS) is 12.7. The molecule has 0 saturated carbocycles. The number of halogens is 1. The number of carbonyl (C=O) groups excluding carboxylic acids is 1. The summed E-state index contributed by atoms with van der Waals surface area (Å²) in [4.78, 5) is 14.7. The number of rotatable bonds is 6. The third-order valence-corrected chi connectivity index (χ3v) is 5.31. The molecule has 1 aromatic carbocycles. The van der Waals surface area contributed by atoms with Crippen LogP contribution >= 0.6 is 23.4 Å². The van der Waals surface area contributed by atoms with Gasteiger partial charge in [-0.1, -0.05) is 23.4 Å². The molecule has 0 bridgehead atoms. The minimum Gasteiger partial charge on any atom is -0.337 e. The van der Waals surface area contributed by atoms with Crippen molar-refractivity contribution in [3.05, 3.63) is 29.3 Å². The molecule has 7 heteroatoms. The predicted octanol–water partition coefficient (Wildman–Crippen LogP) is 4.26. The van der Waals surface area contributed by atoms with Crippen LogP contribution in [0.5, 0.6) is 0 Å². The second kappa shape index (κ2) is 8.23. The van der Waals surface area contributed by atoms with E-state index in [1.54, 1.807) is 0 Å². The van der Waals surface area contributed by atoms with Crippen molar-refractivity contribution in [2.24, 2.45) is 7.05 Å². The summed E-state index contributed by atoms with van der Waals surface area (Å²) in [6.45, 7) is 10.1. The minimum absolute atomic E-state index is 0.117. The van der Waals surface area contributed by atoms with E-state index in [-0.39, 0.29) is 23.2 Å². The zero-order chi connectivity index (χ0) is 18.7. The summed E-state index contributed by atoms with van der Waals surface area (Å²) >= 11 is 7.37. The lowest BCUT2D eigenvalue weighted by atomic mass is 10.2. The Balaban J connectivity index is 2.18. The highest BCUT2D eigenvalue weighted by Crippen LogP contribution is 2.27. The molecular weight excluding hydrogens is 356 g/mol. The lowest BCUT2D eigenvalue weighted by Gasteiger charge is -2.32. The largest absolute Gasteiger partial charge is 0.337 e. The molecule has 0 aliphatic carbocycles. The Bertz CT molecular complexity index is 719. The van der Waals surface area contributed by atoms with Crippen LogP contribution in [0.3, 0.4) is 0 Å². The molecule has 1 aromatic heterocycles. The molecule has 0 unspecified atom stereocenters. The summed E-state index contributed by atoms with van der Waals surface area (Å²) in [5.41, 5.74) is 0.941. The fraction of sp³-hybridized carbons (Fsp3) is 0.500. The molecule has 0 saturated heterocycles. The van der Waals surface area contributed by atoms with Crippen LogP contribution in [0.4, 0.5) is 0 Å². The summed E-state index contributed by atoms with van der Waals surface area (Å²) in [7, 11) is 1.91. The van der Waals surface area contributed by atoms with Gasteiger partial charge in [0.05, 0.1) is 5.25 Å². The van der Waals surface area contributed by atoms with Crippen molar-refractivity contribution < 1.29 is 4.79 Å². The number of benzene rings is 1. The molecule has 0 spiro atoms. The van der Waals surface area contributed by atoms with Gasteiger partial charge in [-0.25, -0.2) is 0 Å². The van der Waals surface area contributed by atoms with E-state index < -0.39 is 0 Å². The van der Waals surface area contributed by atoms with Crippen LogP contribution in [0.2, 0.25) is 5.02 Å². The second-order valence-electron chi connectivity index (χ2n) is 6.57. The van der Waals surface area contributed by atoms with Gasteiger partial charge in [-0.05, 0) is 58.9 Å². The molecule has 1 amide bonds. The first-order valence-corrected chi connectivity index (χ1v) is 9.62. The molecule has 0 aliphatic rings. The van der Waals surface area contributed by atoms with Gasteiger partial charge in [-0.15, -0.1) is 10.2 Å². The minimum atomic E-state index is -0.231. The lowest BCUT2D eigenvalue weighted by molar-refractivity contribution is -0.133. The zero-order valence-electron chi connectivity index (χ0n) is 15.5. The van der Waals surface area contributed by atoms with E-state index in [1.807, 2.05) is 75.4 Å². The number of hydrogen-bond donors (Lipinski definition) is 0. The summed E-state index contributed by atoms with van der Waals surface area (Å²) in [5.74, 6) is 0.870. The van der Waals surface area contributed by atoms with Gasteiger partial charge in [0.2, 0.25) is 5.91 Å². The summed E-state index contributed by atoms with van der Waals surface area (Å²) in [6.07, 6.45) is 0. The average molecular weight is 381 g/mol. The molecule has 0 fully saturated rings. The standard InChI is InChI=1S/C18H25ClN4OS/c1-11(2)23(12(3)4)17(24)13(5)25-18-21-20-16(22(18)6)14-7-9-15(19)10-8-14/h7-13H,1-6H3/t13-/m0/s1. The van der Waals surface area contributed by atoms with Gasteiger partial charge in [-0.2, -0.15) is 0 Å². The van der Waals surface area contributed by atoms with Gasteiger partial charge in [0.15, 0.2) is 11.0 Å². The summed E-state index contributed by atoms with van der Waals surface area (Å²) < 4.78 is 1.91. The highest BCUT2D eigenvalue weighted by Gasteiger charge is 2.27. The zero-order valence-corrected chi connectivity index (χ0v) is 17.1. The Morgan fingerprint density at radius 3 is 2.16 bits per heavy atom. The highest BCUT2D eigenvalue weighted by atomic mass is 35.5. The van der Waals surface area contributed by atoms with Crippen LogP contribution < -0.4 is 0 Å². The van der Waals surface area contributed by atoms with Crippen LogP contribution in [0.25, 0.3) is 11.4 Å². The third-order valence-electron chi connectivity index (χ3n) is 3.93. The first-order chi connectivity index (χ1) is 11.7.